The van der Waals surface area contributed by atoms with Crippen molar-refractivity contribution in [3.05, 3.63) is 62.1 Å². The summed E-state index contributed by atoms with van der Waals surface area (Å²) >= 11 is 0. The van der Waals surface area contributed by atoms with Gasteiger partial charge in [0, 0.05) is 18.4 Å². The molecule has 0 saturated heterocycles. The molecular formula is C21H23N5O3. The van der Waals surface area contributed by atoms with Gasteiger partial charge in [-0.15, -0.1) is 0 Å². The predicted octanol–water partition coefficient (Wildman–Crippen LogP) is 1.91. The molecule has 0 saturated carbocycles. The molecule has 0 atom stereocenters. The fraction of sp³-hybridized carbons (Fsp3) is 0.333. The Kier molecular flexibility index (Phi) is 4.29. The van der Waals surface area contributed by atoms with Crippen LogP contribution >= 0.6 is 0 Å². The van der Waals surface area contributed by atoms with E-state index in [1.807, 2.05) is 36.6 Å². The van der Waals surface area contributed by atoms with E-state index in [0.717, 1.165) is 33.6 Å². The lowest BCUT2D eigenvalue weighted by molar-refractivity contribution is -0.117. The Morgan fingerprint density at radius 1 is 1.10 bits per heavy atom. The molecule has 3 aromatic heterocycles. The van der Waals surface area contributed by atoms with E-state index in [9.17, 15) is 14.4 Å². The summed E-state index contributed by atoms with van der Waals surface area (Å²) in [5, 5.41) is 0. The lowest BCUT2D eigenvalue weighted by Crippen LogP contribution is -2.40. The highest BCUT2D eigenvalue weighted by atomic mass is 16.2. The molecule has 1 aromatic carbocycles. The molecular weight excluding hydrogens is 370 g/mol. The molecule has 0 amide bonds. The molecule has 0 unspecified atom stereocenters. The minimum absolute atomic E-state index is 0.258. The van der Waals surface area contributed by atoms with Crippen LogP contribution in [0.25, 0.3) is 22.6 Å². The Morgan fingerprint density at radius 3 is 2.45 bits per heavy atom. The Bertz CT molecular complexity index is 1410. The molecule has 0 N–H and O–H groups in total. The number of para-hydroxylation sites is 1. The highest BCUT2D eigenvalue weighted by molar-refractivity contribution is 5.79. The largest absolute Gasteiger partial charge is 0.332 e. The van der Waals surface area contributed by atoms with Gasteiger partial charge in [-0.2, -0.15) is 4.98 Å². The molecule has 0 aliphatic carbocycles. The Hall–Kier alpha value is -3.42. The van der Waals surface area contributed by atoms with Crippen molar-refractivity contribution < 1.29 is 4.79 Å². The van der Waals surface area contributed by atoms with Gasteiger partial charge in [0.15, 0.2) is 11.2 Å². The first-order valence-corrected chi connectivity index (χ1v) is 9.55. The number of benzene rings is 1. The first kappa shape index (κ1) is 18.9. The number of aromatic nitrogens is 5. The highest BCUT2D eigenvalue weighted by Gasteiger charge is 2.24. The number of hydrogen-bond donors (Lipinski definition) is 0. The van der Waals surface area contributed by atoms with Gasteiger partial charge < -0.3 is 0 Å². The summed E-state index contributed by atoms with van der Waals surface area (Å²) in [7, 11) is 1.57. The highest BCUT2D eigenvalue weighted by Crippen LogP contribution is 2.26. The number of imidazole rings is 2. The van der Waals surface area contributed by atoms with E-state index in [1.54, 1.807) is 11.4 Å². The second kappa shape index (κ2) is 6.58. The maximum absolute atomic E-state index is 13.2. The van der Waals surface area contributed by atoms with Crippen LogP contribution in [0.15, 0.2) is 33.9 Å². The first-order chi connectivity index (χ1) is 13.8. The van der Waals surface area contributed by atoms with Crippen LogP contribution in [-0.2, 0) is 24.8 Å². The van der Waals surface area contributed by atoms with Gasteiger partial charge in [-0.25, -0.2) is 4.79 Å². The van der Waals surface area contributed by atoms with Gasteiger partial charge >= 0.3 is 5.69 Å². The van der Waals surface area contributed by atoms with E-state index >= 15 is 0 Å². The van der Waals surface area contributed by atoms with Crippen molar-refractivity contribution in [1.29, 1.82) is 0 Å². The van der Waals surface area contributed by atoms with Gasteiger partial charge in [-0.1, -0.05) is 25.1 Å². The molecule has 150 valence electrons. The van der Waals surface area contributed by atoms with Crippen LogP contribution in [0.2, 0.25) is 0 Å². The number of rotatable bonds is 4. The molecule has 4 aromatic rings. The van der Waals surface area contributed by atoms with Crippen molar-refractivity contribution in [2.75, 3.05) is 0 Å². The Labute approximate surface area is 166 Å². The smallest absolute Gasteiger partial charge is 0.298 e. The zero-order chi connectivity index (χ0) is 21.0. The van der Waals surface area contributed by atoms with E-state index < -0.39 is 11.2 Å². The maximum Gasteiger partial charge on any atom is 0.332 e. The van der Waals surface area contributed by atoms with Gasteiger partial charge in [0.1, 0.15) is 5.78 Å². The molecule has 0 aliphatic heterocycles. The molecule has 4 rings (SSSR count). The van der Waals surface area contributed by atoms with Crippen molar-refractivity contribution >= 4 is 22.7 Å². The number of nitrogens with zero attached hydrogens (tertiary/aromatic N) is 5. The number of fused-ring (bicyclic) bond motifs is 3. The standard InChI is InChI=1S/C21H23N5O3/c1-6-15-9-7-8-10-16(15)25-13(3)14(4)26-17-18(22-20(25)26)23(5)21(29)24(19(17)28)11-12(2)27/h7-10H,6,11H2,1-5H3. The summed E-state index contributed by atoms with van der Waals surface area (Å²) in [6.45, 7) is 7.10. The normalized spacial score (nSPS) is 11.6. The second-order valence-electron chi connectivity index (χ2n) is 7.34. The zero-order valence-corrected chi connectivity index (χ0v) is 17.2. The van der Waals surface area contributed by atoms with Crippen molar-refractivity contribution in [1.82, 2.24) is 23.1 Å². The average Bonchev–Trinajstić information content (AvgIpc) is 3.19. The van der Waals surface area contributed by atoms with Crippen LogP contribution in [0, 0.1) is 13.8 Å². The molecule has 8 nitrogen and oxygen atoms in total. The molecule has 29 heavy (non-hydrogen) atoms. The average molecular weight is 393 g/mol. The van der Waals surface area contributed by atoms with Gasteiger partial charge in [0.25, 0.3) is 5.56 Å². The SMILES string of the molecule is CCc1ccccc1-n1c(C)c(C)n2c3c(=O)n(CC(C)=O)c(=O)n(C)c3nc12. The van der Waals surface area contributed by atoms with Crippen LogP contribution in [0.1, 0.15) is 30.8 Å². The van der Waals surface area contributed by atoms with Crippen molar-refractivity contribution in [3.63, 3.8) is 0 Å². The third-order valence-corrected chi connectivity index (χ3v) is 5.51. The molecule has 3 heterocycles. The van der Waals surface area contributed by atoms with Gasteiger partial charge in [-0.05, 0) is 38.8 Å². The van der Waals surface area contributed by atoms with Crippen LogP contribution in [-0.4, -0.2) is 28.9 Å². The van der Waals surface area contributed by atoms with E-state index in [2.05, 4.69) is 18.0 Å². The van der Waals surface area contributed by atoms with E-state index in [1.165, 1.54) is 11.5 Å². The number of ketones is 1. The molecule has 0 radical (unpaired) electrons. The molecule has 0 bridgehead atoms. The van der Waals surface area contributed by atoms with Crippen molar-refractivity contribution in [2.45, 2.75) is 40.7 Å². The minimum atomic E-state index is -0.548. The van der Waals surface area contributed by atoms with Gasteiger partial charge in [-0.3, -0.25) is 27.7 Å². The summed E-state index contributed by atoms with van der Waals surface area (Å²) in [6.07, 6.45) is 0.850. The molecule has 0 spiro atoms. The first-order valence-electron chi connectivity index (χ1n) is 9.55. The van der Waals surface area contributed by atoms with Crippen LogP contribution in [0.4, 0.5) is 0 Å². The fourth-order valence-electron chi connectivity index (χ4n) is 3.93. The summed E-state index contributed by atoms with van der Waals surface area (Å²) in [4.78, 5) is 42.1. The topological polar surface area (TPSA) is 83.3 Å². The number of carbonyl (C=O) groups excluding carboxylic acids is 1. The summed E-state index contributed by atoms with van der Waals surface area (Å²) in [5.41, 5.74) is 3.53. The third kappa shape index (κ3) is 2.59. The zero-order valence-electron chi connectivity index (χ0n) is 17.2. The number of hydrogen-bond acceptors (Lipinski definition) is 4. The van der Waals surface area contributed by atoms with Crippen LogP contribution < -0.4 is 11.2 Å². The van der Waals surface area contributed by atoms with E-state index in [-0.39, 0.29) is 12.3 Å². The van der Waals surface area contributed by atoms with Crippen LogP contribution in [0.5, 0.6) is 0 Å². The number of Topliss-reactive ketones (excluding diaryl/α,β-unsaturated/α-hetero) is 1. The van der Waals surface area contributed by atoms with Crippen molar-refractivity contribution in [3.8, 4) is 5.69 Å². The predicted molar refractivity (Wildman–Crippen MR) is 111 cm³/mol. The summed E-state index contributed by atoms with van der Waals surface area (Å²) in [5.74, 6) is 0.315. The Morgan fingerprint density at radius 2 is 1.79 bits per heavy atom. The molecule has 0 fully saturated rings. The lowest BCUT2D eigenvalue weighted by Gasteiger charge is -2.11. The van der Waals surface area contributed by atoms with Crippen LogP contribution in [0.3, 0.4) is 0 Å². The minimum Gasteiger partial charge on any atom is -0.298 e. The lowest BCUT2D eigenvalue weighted by atomic mass is 10.1. The van der Waals surface area contributed by atoms with E-state index in [0.29, 0.717) is 16.9 Å². The fourth-order valence-corrected chi connectivity index (χ4v) is 3.93. The maximum atomic E-state index is 13.2. The summed E-state index contributed by atoms with van der Waals surface area (Å²) < 4.78 is 6.12. The quantitative estimate of drug-likeness (QED) is 0.530. The second-order valence-corrected chi connectivity index (χ2v) is 7.34. The van der Waals surface area contributed by atoms with Crippen molar-refractivity contribution in [2.24, 2.45) is 7.05 Å². The van der Waals surface area contributed by atoms with Gasteiger partial charge in [0.05, 0.1) is 12.2 Å². The monoisotopic (exact) mass is 393 g/mol. The van der Waals surface area contributed by atoms with E-state index in [4.69, 9.17) is 0 Å². The molecule has 0 aliphatic rings. The third-order valence-electron chi connectivity index (χ3n) is 5.51. The number of carbonyl (C=O) groups is 1. The molecule has 8 heteroatoms. The van der Waals surface area contributed by atoms with Gasteiger partial charge in [0.2, 0.25) is 5.78 Å². The summed E-state index contributed by atoms with van der Waals surface area (Å²) in [6, 6.07) is 8.06. The number of aryl methyl sites for hydroxylation is 3. The Balaban J connectivity index is 2.20.